The fourth-order valence-electron chi connectivity index (χ4n) is 4.07. The van der Waals surface area contributed by atoms with Crippen LogP contribution < -0.4 is 14.4 Å². The number of hydrogen-bond donors (Lipinski definition) is 2. The van der Waals surface area contributed by atoms with Crippen molar-refractivity contribution in [3.8, 4) is 5.75 Å². The van der Waals surface area contributed by atoms with Crippen LogP contribution in [0.25, 0.3) is 0 Å². The summed E-state index contributed by atoms with van der Waals surface area (Å²) in [5, 5.41) is 12.6. The van der Waals surface area contributed by atoms with Crippen molar-refractivity contribution in [2.75, 3.05) is 35.9 Å². The van der Waals surface area contributed by atoms with Gasteiger partial charge in [-0.3, -0.25) is 9.52 Å². The molecule has 1 aliphatic rings. The average molecular weight is 677 g/mol. The number of amides is 1. The van der Waals surface area contributed by atoms with Gasteiger partial charge in [0.15, 0.2) is 11.2 Å². The van der Waals surface area contributed by atoms with Gasteiger partial charge in [-0.05, 0) is 43.3 Å². The second-order valence-corrected chi connectivity index (χ2v) is 12.1. The molecule has 3 aromatic rings. The number of halogens is 2. The van der Waals surface area contributed by atoms with E-state index in [4.69, 9.17) is 16.3 Å². The molecule has 37 heavy (non-hydrogen) atoms. The summed E-state index contributed by atoms with van der Waals surface area (Å²) in [5.74, 6) is 0.356. The van der Waals surface area contributed by atoms with Crippen LogP contribution in [-0.2, 0) is 19.2 Å². The van der Waals surface area contributed by atoms with Gasteiger partial charge in [0.1, 0.15) is 5.75 Å². The molecule has 2 aromatic carbocycles. The summed E-state index contributed by atoms with van der Waals surface area (Å²) in [4.78, 5) is 21.0. The first-order valence-electron chi connectivity index (χ1n) is 11.4. The number of aliphatic hydroxyl groups excluding tert-OH is 1. The number of piperazine rings is 1. The van der Waals surface area contributed by atoms with Crippen LogP contribution in [0.15, 0.2) is 58.9 Å². The minimum absolute atomic E-state index is 0.122. The molecular weight excluding hydrogens is 651 g/mol. The number of alkyl halides is 1. The van der Waals surface area contributed by atoms with Crippen LogP contribution in [0.1, 0.15) is 12.5 Å². The Labute approximate surface area is 238 Å². The van der Waals surface area contributed by atoms with Crippen molar-refractivity contribution in [1.29, 1.82) is 0 Å². The molecule has 2 atom stereocenters. The highest BCUT2D eigenvalue weighted by Crippen LogP contribution is 2.30. The van der Waals surface area contributed by atoms with Gasteiger partial charge in [-0.25, -0.2) is 13.4 Å². The van der Waals surface area contributed by atoms with E-state index in [9.17, 15) is 18.3 Å². The van der Waals surface area contributed by atoms with Crippen LogP contribution in [0.4, 0.5) is 10.8 Å². The summed E-state index contributed by atoms with van der Waals surface area (Å²) < 4.78 is 34.3. The van der Waals surface area contributed by atoms with Crippen LogP contribution in [-0.4, -0.2) is 67.7 Å². The highest BCUT2D eigenvalue weighted by molar-refractivity contribution is 14.1. The van der Waals surface area contributed by atoms with Crippen molar-refractivity contribution < 1.29 is 23.1 Å². The lowest BCUT2D eigenvalue weighted by Gasteiger charge is -2.42. The van der Waals surface area contributed by atoms with E-state index in [1.165, 1.54) is 29.7 Å². The normalized spacial score (nSPS) is 16.9. The second kappa shape index (κ2) is 12.2. The number of benzene rings is 2. The third kappa shape index (κ3) is 6.48. The first-order valence-corrected chi connectivity index (χ1v) is 15.7. The third-order valence-electron chi connectivity index (χ3n) is 6.00. The number of carbonyl (C=O) groups excluding carboxylic acids is 1. The van der Waals surface area contributed by atoms with E-state index in [1.807, 2.05) is 4.90 Å². The average Bonchev–Trinajstić information content (AvgIpc) is 3.40. The number of anilines is 2. The van der Waals surface area contributed by atoms with Crippen molar-refractivity contribution in [3.05, 3.63) is 64.6 Å². The zero-order valence-corrected chi connectivity index (χ0v) is 24.4. The smallest absolute Gasteiger partial charge is 0.263 e. The molecule has 13 heteroatoms. The largest absolute Gasteiger partial charge is 0.481 e. The van der Waals surface area contributed by atoms with Crippen molar-refractivity contribution in [3.63, 3.8) is 0 Å². The van der Waals surface area contributed by atoms with Gasteiger partial charge in [0.2, 0.25) is 0 Å². The maximum Gasteiger partial charge on any atom is 0.263 e. The molecule has 0 unspecified atom stereocenters. The number of hydrogen-bond acceptors (Lipinski definition) is 8. The summed E-state index contributed by atoms with van der Waals surface area (Å²) in [6.07, 6.45) is 0.774. The summed E-state index contributed by atoms with van der Waals surface area (Å²) in [6, 6.07) is 11.4. The molecule has 1 fully saturated rings. The van der Waals surface area contributed by atoms with Crippen molar-refractivity contribution in [2.45, 2.75) is 28.4 Å². The SMILES string of the molecule is C[C@H](Oc1cccc(Cl)c1CI)C(=O)N1CCN(c2ccc(S(=O)(=O)Nc3nccs3)cc2)C[C@@H]1CO. The molecule has 4 rings (SSSR count). The van der Waals surface area contributed by atoms with Gasteiger partial charge in [0.05, 0.1) is 17.5 Å². The van der Waals surface area contributed by atoms with E-state index in [2.05, 4.69) is 32.3 Å². The van der Waals surface area contributed by atoms with Crippen LogP contribution in [0.5, 0.6) is 5.75 Å². The van der Waals surface area contributed by atoms with Gasteiger partial charge in [0, 0.05) is 51.9 Å². The number of carbonyl (C=O) groups is 1. The van der Waals surface area contributed by atoms with Gasteiger partial charge >= 0.3 is 0 Å². The molecule has 0 saturated carbocycles. The Balaban J connectivity index is 1.41. The Bertz CT molecular complexity index is 1330. The van der Waals surface area contributed by atoms with E-state index in [1.54, 1.807) is 47.5 Å². The lowest BCUT2D eigenvalue weighted by Crippen LogP contribution is -2.59. The Morgan fingerprint density at radius 1 is 1.30 bits per heavy atom. The quantitative estimate of drug-likeness (QED) is 0.260. The molecule has 1 aromatic heterocycles. The maximum absolute atomic E-state index is 13.2. The molecule has 9 nitrogen and oxygen atoms in total. The van der Waals surface area contributed by atoms with Crippen LogP contribution in [0.2, 0.25) is 5.02 Å². The second-order valence-electron chi connectivity index (χ2n) is 8.36. The lowest BCUT2D eigenvalue weighted by atomic mass is 10.1. The first kappa shape index (κ1) is 27.9. The standard InChI is InChI=1S/C24H26ClIN4O5S2/c1-16(35-22-4-2-3-21(25)20(22)13-26)23(32)30-11-10-29(14-18(30)15-31)17-5-7-19(8-6-17)37(33,34)28-24-27-9-12-36-24/h2-9,12,16,18,31H,10-11,13-15H2,1H3,(H,27,28)/t16-,18+/m0/s1. The number of sulfonamides is 1. The van der Waals surface area contributed by atoms with Gasteiger partial charge in [-0.15, -0.1) is 11.3 Å². The lowest BCUT2D eigenvalue weighted by molar-refractivity contribution is -0.141. The number of aliphatic hydroxyl groups is 1. The van der Waals surface area contributed by atoms with Crippen LogP contribution in [0, 0.1) is 0 Å². The predicted molar refractivity (Wildman–Crippen MR) is 153 cm³/mol. The summed E-state index contributed by atoms with van der Waals surface area (Å²) in [5.41, 5.74) is 1.63. The highest BCUT2D eigenvalue weighted by Gasteiger charge is 2.33. The fraction of sp³-hybridized carbons (Fsp3) is 0.333. The minimum Gasteiger partial charge on any atom is -0.481 e. The van der Waals surface area contributed by atoms with Crippen LogP contribution >= 0.6 is 45.5 Å². The third-order valence-corrected chi connectivity index (χ3v) is 9.29. The molecule has 0 radical (unpaired) electrons. The number of thiazole rings is 1. The predicted octanol–water partition coefficient (Wildman–Crippen LogP) is 4.01. The number of ether oxygens (including phenoxy) is 1. The number of aromatic nitrogens is 1. The number of nitrogens with zero attached hydrogens (tertiary/aromatic N) is 3. The maximum atomic E-state index is 13.2. The molecule has 0 bridgehead atoms. The van der Waals surface area contributed by atoms with Gasteiger partial charge in [-0.1, -0.05) is 40.3 Å². The summed E-state index contributed by atoms with van der Waals surface area (Å²) in [7, 11) is -3.75. The van der Waals surface area contributed by atoms with Crippen molar-refractivity contribution >= 4 is 72.3 Å². The topological polar surface area (TPSA) is 112 Å². The molecule has 1 saturated heterocycles. The molecule has 2 heterocycles. The Morgan fingerprint density at radius 2 is 2.05 bits per heavy atom. The van der Waals surface area contributed by atoms with Crippen molar-refractivity contribution in [1.82, 2.24) is 9.88 Å². The van der Waals surface area contributed by atoms with E-state index in [0.717, 1.165) is 11.3 Å². The minimum atomic E-state index is -3.75. The molecular formula is C24H26ClIN4O5S2. The summed E-state index contributed by atoms with van der Waals surface area (Å²) in [6.45, 7) is 2.79. The van der Waals surface area contributed by atoms with E-state index in [-0.39, 0.29) is 17.4 Å². The molecule has 0 spiro atoms. The fourth-order valence-corrected chi connectivity index (χ4v) is 7.11. The monoisotopic (exact) mass is 676 g/mol. The molecule has 0 aliphatic carbocycles. The Morgan fingerprint density at radius 3 is 2.70 bits per heavy atom. The zero-order chi connectivity index (χ0) is 26.6. The Kier molecular flexibility index (Phi) is 9.16. The van der Waals surface area contributed by atoms with Crippen molar-refractivity contribution in [2.24, 2.45) is 0 Å². The Hall–Kier alpha value is -2.13. The van der Waals surface area contributed by atoms with Gasteiger partial charge < -0.3 is 19.6 Å². The number of nitrogens with one attached hydrogen (secondary N) is 1. The highest BCUT2D eigenvalue weighted by atomic mass is 127. The zero-order valence-electron chi connectivity index (χ0n) is 19.9. The van der Waals surface area contributed by atoms with E-state index >= 15 is 0 Å². The molecule has 1 amide bonds. The molecule has 1 aliphatic heterocycles. The molecule has 198 valence electrons. The number of rotatable bonds is 9. The van der Waals surface area contributed by atoms with Crippen LogP contribution in [0.3, 0.4) is 0 Å². The van der Waals surface area contributed by atoms with Gasteiger partial charge in [-0.2, -0.15) is 0 Å². The first-order chi connectivity index (χ1) is 17.7. The molecule has 2 N–H and O–H groups in total. The van der Waals surface area contributed by atoms with E-state index < -0.39 is 22.2 Å². The van der Waals surface area contributed by atoms with Gasteiger partial charge in [0.25, 0.3) is 15.9 Å². The summed E-state index contributed by atoms with van der Waals surface area (Å²) >= 11 is 9.67. The van der Waals surface area contributed by atoms with E-state index in [0.29, 0.717) is 40.0 Å².